The van der Waals surface area contributed by atoms with Gasteiger partial charge >= 0.3 is 0 Å². The second-order valence-corrected chi connectivity index (χ2v) is 5.58. The van der Waals surface area contributed by atoms with Gasteiger partial charge in [-0.3, -0.25) is 9.59 Å². The Morgan fingerprint density at radius 2 is 1.75 bits per heavy atom. The highest BCUT2D eigenvalue weighted by molar-refractivity contribution is 5.93. The zero-order valence-corrected chi connectivity index (χ0v) is 14.2. The Bertz CT molecular complexity index is 711. The minimum Gasteiger partial charge on any atom is -0.484 e. The predicted molar refractivity (Wildman–Crippen MR) is 93.0 cm³/mol. The maximum absolute atomic E-state index is 12.2. The second kappa shape index (κ2) is 8.15. The largest absolute Gasteiger partial charge is 0.484 e. The number of amides is 2. The van der Waals surface area contributed by atoms with E-state index in [9.17, 15) is 9.59 Å². The van der Waals surface area contributed by atoms with Gasteiger partial charge in [0.2, 0.25) is 0 Å². The number of rotatable bonds is 6. The van der Waals surface area contributed by atoms with Crippen molar-refractivity contribution in [1.29, 1.82) is 0 Å². The Morgan fingerprint density at radius 1 is 1.08 bits per heavy atom. The van der Waals surface area contributed by atoms with Gasteiger partial charge in [-0.05, 0) is 36.2 Å². The SMILES string of the molecule is CNC(=O)c1ccc(CN(C)C(=O)COc2ccccc2C)cc1. The maximum atomic E-state index is 12.2. The van der Waals surface area contributed by atoms with Crippen molar-refractivity contribution in [3.05, 3.63) is 65.2 Å². The Morgan fingerprint density at radius 3 is 2.38 bits per heavy atom. The fourth-order valence-corrected chi connectivity index (χ4v) is 2.24. The molecule has 0 heterocycles. The molecule has 2 aromatic rings. The summed E-state index contributed by atoms with van der Waals surface area (Å²) >= 11 is 0. The molecule has 126 valence electrons. The molecule has 0 aromatic heterocycles. The molecule has 0 atom stereocenters. The summed E-state index contributed by atoms with van der Waals surface area (Å²) in [6.45, 7) is 2.40. The molecule has 0 aliphatic carbocycles. The van der Waals surface area contributed by atoms with Crippen molar-refractivity contribution in [3.63, 3.8) is 0 Å². The van der Waals surface area contributed by atoms with E-state index in [-0.39, 0.29) is 18.4 Å². The lowest BCUT2D eigenvalue weighted by molar-refractivity contribution is -0.132. The number of hydrogen-bond acceptors (Lipinski definition) is 3. The lowest BCUT2D eigenvalue weighted by Gasteiger charge is -2.18. The van der Waals surface area contributed by atoms with E-state index in [1.54, 1.807) is 31.1 Å². The molecule has 0 saturated heterocycles. The van der Waals surface area contributed by atoms with Crippen LogP contribution in [0.1, 0.15) is 21.5 Å². The van der Waals surface area contributed by atoms with Gasteiger partial charge in [0.15, 0.2) is 6.61 Å². The number of benzene rings is 2. The average molecular weight is 326 g/mol. The van der Waals surface area contributed by atoms with Crippen LogP contribution in [0.3, 0.4) is 0 Å². The number of carbonyl (C=O) groups excluding carboxylic acids is 2. The van der Waals surface area contributed by atoms with Gasteiger partial charge in [-0.25, -0.2) is 0 Å². The normalized spacial score (nSPS) is 10.1. The van der Waals surface area contributed by atoms with Crippen molar-refractivity contribution in [3.8, 4) is 5.75 Å². The molecule has 0 spiro atoms. The molecule has 0 fully saturated rings. The average Bonchev–Trinajstić information content (AvgIpc) is 2.60. The quantitative estimate of drug-likeness (QED) is 0.887. The maximum Gasteiger partial charge on any atom is 0.260 e. The minimum atomic E-state index is -0.127. The molecule has 2 rings (SSSR count). The van der Waals surface area contributed by atoms with Crippen LogP contribution >= 0.6 is 0 Å². The van der Waals surface area contributed by atoms with Crippen LogP contribution in [0, 0.1) is 6.92 Å². The summed E-state index contributed by atoms with van der Waals surface area (Å²) in [5.41, 5.74) is 2.55. The number of carbonyl (C=O) groups is 2. The number of hydrogen-bond donors (Lipinski definition) is 1. The molecule has 0 saturated carbocycles. The van der Waals surface area contributed by atoms with Crippen LogP contribution in [0.4, 0.5) is 0 Å². The molecule has 5 heteroatoms. The van der Waals surface area contributed by atoms with E-state index in [4.69, 9.17) is 4.74 Å². The zero-order valence-electron chi connectivity index (χ0n) is 14.2. The summed E-state index contributed by atoms with van der Waals surface area (Å²) in [4.78, 5) is 25.3. The third-order valence-corrected chi connectivity index (χ3v) is 3.73. The fourth-order valence-electron chi connectivity index (χ4n) is 2.24. The summed E-state index contributed by atoms with van der Waals surface area (Å²) in [6.07, 6.45) is 0. The van der Waals surface area contributed by atoms with Crippen LogP contribution < -0.4 is 10.1 Å². The molecular weight excluding hydrogens is 304 g/mol. The summed E-state index contributed by atoms with van der Waals surface area (Å²) in [5, 5.41) is 2.58. The Labute approximate surface area is 142 Å². The molecular formula is C19H22N2O3. The van der Waals surface area contributed by atoms with Gasteiger partial charge in [-0.1, -0.05) is 30.3 Å². The third kappa shape index (κ3) is 4.59. The van der Waals surface area contributed by atoms with Crippen molar-refractivity contribution in [2.24, 2.45) is 0 Å². The van der Waals surface area contributed by atoms with Crippen LogP contribution in [-0.2, 0) is 11.3 Å². The van der Waals surface area contributed by atoms with Crippen LogP contribution in [-0.4, -0.2) is 37.4 Å². The van der Waals surface area contributed by atoms with E-state index >= 15 is 0 Å². The van der Waals surface area contributed by atoms with Crippen LogP contribution in [0.15, 0.2) is 48.5 Å². The van der Waals surface area contributed by atoms with Gasteiger partial charge in [0.1, 0.15) is 5.75 Å². The van der Waals surface area contributed by atoms with Crippen molar-refractivity contribution in [2.45, 2.75) is 13.5 Å². The first-order valence-electron chi connectivity index (χ1n) is 7.74. The molecule has 0 aliphatic rings. The monoisotopic (exact) mass is 326 g/mol. The smallest absolute Gasteiger partial charge is 0.260 e. The van der Waals surface area contributed by atoms with Crippen LogP contribution in [0.25, 0.3) is 0 Å². The van der Waals surface area contributed by atoms with Crippen molar-refractivity contribution >= 4 is 11.8 Å². The van der Waals surface area contributed by atoms with Crippen LogP contribution in [0.2, 0.25) is 0 Å². The number of aryl methyl sites for hydroxylation is 1. The number of ether oxygens (including phenoxy) is 1. The summed E-state index contributed by atoms with van der Waals surface area (Å²) in [7, 11) is 3.33. The standard InChI is InChI=1S/C19H22N2O3/c1-14-6-4-5-7-17(14)24-13-18(22)21(3)12-15-8-10-16(11-9-15)19(23)20-2/h4-11H,12-13H2,1-3H3,(H,20,23). The molecule has 5 nitrogen and oxygen atoms in total. The molecule has 0 radical (unpaired) electrons. The van der Waals surface area contributed by atoms with Gasteiger partial charge in [0, 0.05) is 26.2 Å². The van der Waals surface area contributed by atoms with Gasteiger partial charge in [0.25, 0.3) is 11.8 Å². The van der Waals surface area contributed by atoms with E-state index in [1.165, 1.54) is 0 Å². The predicted octanol–water partition coefficient (Wildman–Crippen LogP) is 2.39. The lowest BCUT2D eigenvalue weighted by atomic mass is 10.1. The molecule has 2 aromatic carbocycles. The first-order valence-corrected chi connectivity index (χ1v) is 7.74. The Hall–Kier alpha value is -2.82. The van der Waals surface area contributed by atoms with E-state index in [0.717, 1.165) is 11.1 Å². The fraction of sp³-hybridized carbons (Fsp3) is 0.263. The van der Waals surface area contributed by atoms with Gasteiger partial charge in [-0.2, -0.15) is 0 Å². The van der Waals surface area contributed by atoms with Crippen molar-refractivity contribution in [2.75, 3.05) is 20.7 Å². The minimum absolute atomic E-state index is 0.00230. The highest BCUT2D eigenvalue weighted by atomic mass is 16.5. The highest BCUT2D eigenvalue weighted by Gasteiger charge is 2.11. The van der Waals surface area contributed by atoms with E-state index in [1.807, 2.05) is 43.3 Å². The number of para-hydroxylation sites is 1. The van der Waals surface area contributed by atoms with Gasteiger partial charge in [0.05, 0.1) is 0 Å². The topological polar surface area (TPSA) is 58.6 Å². The molecule has 0 bridgehead atoms. The van der Waals surface area contributed by atoms with E-state index in [2.05, 4.69) is 5.32 Å². The summed E-state index contributed by atoms with van der Waals surface area (Å²) in [6, 6.07) is 14.8. The highest BCUT2D eigenvalue weighted by Crippen LogP contribution is 2.16. The first-order chi connectivity index (χ1) is 11.5. The number of nitrogens with one attached hydrogen (secondary N) is 1. The third-order valence-electron chi connectivity index (χ3n) is 3.73. The molecule has 24 heavy (non-hydrogen) atoms. The number of likely N-dealkylation sites (N-methyl/N-ethyl adjacent to an activating group) is 1. The summed E-state index contributed by atoms with van der Waals surface area (Å²) in [5.74, 6) is 0.487. The lowest BCUT2D eigenvalue weighted by Crippen LogP contribution is -2.31. The van der Waals surface area contributed by atoms with E-state index in [0.29, 0.717) is 17.9 Å². The Kier molecular flexibility index (Phi) is 5.95. The molecule has 2 amide bonds. The van der Waals surface area contributed by atoms with Crippen molar-refractivity contribution < 1.29 is 14.3 Å². The molecule has 0 aliphatic heterocycles. The Balaban J connectivity index is 1.89. The first kappa shape index (κ1) is 17.5. The van der Waals surface area contributed by atoms with Crippen molar-refractivity contribution in [1.82, 2.24) is 10.2 Å². The van der Waals surface area contributed by atoms with Crippen LogP contribution in [0.5, 0.6) is 5.75 Å². The summed E-state index contributed by atoms with van der Waals surface area (Å²) < 4.78 is 5.58. The number of nitrogens with zero attached hydrogens (tertiary/aromatic N) is 1. The molecule has 0 unspecified atom stereocenters. The van der Waals surface area contributed by atoms with Gasteiger partial charge < -0.3 is 15.0 Å². The van der Waals surface area contributed by atoms with E-state index < -0.39 is 0 Å². The second-order valence-electron chi connectivity index (χ2n) is 5.58. The van der Waals surface area contributed by atoms with Gasteiger partial charge in [-0.15, -0.1) is 0 Å². The molecule has 1 N–H and O–H groups in total. The zero-order chi connectivity index (χ0) is 17.5.